The zero-order chi connectivity index (χ0) is 23.0. The molecule has 0 saturated carbocycles. The Kier molecular flexibility index (Phi) is 11.0. The fourth-order valence-corrected chi connectivity index (χ4v) is 2.91. The smallest absolute Gasteiger partial charge is 0.238 e. The molecule has 8 nitrogen and oxygen atoms in total. The largest absolute Gasteiger partial charge is 0.273 e. The molecule has 170 valence electrons. The molecule has 2 rings (SSSR count). The molecular formula is C24H30N4O4. The van der Waals surface area contributed by atoms with Crippen molar-refractivity contribution in [3.8, 4) is 0 Å². The first-order chi connectivity index (χ1) is 15.5. The van der Waals surface area contributed by atoms with Crippen LogP contribution >= 0.6 is 0 Å². The minimum absolute atomic E-state index is 0.190. The molecule has 0 aliphatic heterocycles. The Hall–Kier alpha value is -3.68. The molecule has 4 amide bonds. The van der Waals surface area contributed by atoms with Gasteiger partial charge < -0.3 is 0 Å². The number of nitrogens with one attached hydrogen (secondary N) is 4. The van der Waals surface area contributed by atoms with Crippen LogP contribution in [0.3, 0.4) is 0 Å². The lowest BCUT2D eigenvalue weighted by molar-refractivity contribution is -0.129. The van der Waals surface area contributed by atoms with Gasteiger partial charge in [0.2, 0.25) is 23.6 Å². The van der Waals surface area contributed by atoms with Crippen LogP contribution in [0.2, 0.25) is 0 Å². The highest BCUT2D eigenvalue weighted by Gasteiger charge is 2.08. The van der Waals surface area contributed by atoms with Gasteiger partial charge in [-0.15, -0.1) is 0 Å². The summed E-state index contributed by atoms with van der Waals surface area (Å²) in [6.45, 7) is 0. The monoisotopic (exact) mass is 438 g/mol. The van der Waals surface area contributed by atoms with Gasteiger partial charge in [-0.2, -0.15) is 0 Å². The van der Waals surface area contributed by atoms with Crippen molar-refractivity contribution in [3.63, 3.8) is 0 Å². The van der Waals surface area contributed by atoms with Gasteiger partial charge in [-0.1, -0.05) is 60.7 Å². The van der Waals surface area contributed by atoms with Crippen molar-refractivity contribution in [2.45, 2.75) is 51.4 Å². The SMILES string of the molecule is O=C(CCCCC(=O)NNC(=O)CCc1ccccc1)NNC(=O)CCc1ccccc1. The van der Waals surface area contributed by atoms with Gasteiger partial charge in [-0.3, -0.25) is 40.9 Å². The molecular weight excluding hydrogens is 408 g/mol. The Balaban J connectivity index is 1.46. The Bertz CT molecular complexity index is 799. The summed E-state index contributed by atoms with van der Waals surface area (Å²) in [6.07, 6.45) is 3.11. The van der Waals surface area contributed by atoms with Crippen molar-refractivity contribution in [1.29, 1.82) is 0 Å². The number of aryl methyl sites for hydroxylation is 2. The van der Waals surface area contributed by atoms with E-state index in [4.69, 9.17) is 0 Å². The number of carbonyl (C=O) groups is 4. The van der Waals surface area contributed by atoms with Gasteiger partial charge in [0.05, 0.1) is 0 Å². The Labute approximate surface area is 188 Å². The first kappa shape index (κ1) is 24.6. The quantitative estimate of drug-likeness (QED) is 0.318. The number of benzene rings is 2. The fourth-order valence-electron chi connectivity index (χ4n) is 2.91. The molecule has 0 saturated heterocycles. The summed E-state index contributed by atoms with van der Waals surface area (Å²) in [7, 11) is 0. The average molecular weight is 439 g/mol. The van der Waals surface area contributed by atoms with Gasteiger partial charge in [0.1, 0.15) is 0 Å². The van der Waals surface area contributed by atoms with Crippen molar-refractivity contribution >= 4 is 23.6 Å². The van der Waals surface area contributed by atoms with Crippen LogP contribution in [0.5, 0.6) is 0 Å². The second-order valence-corrected chi connectivity index (χ2v) is 7.37. The lowest BCUT2D eigenvalue weighted by Crippen LogP contribution is -2.42. The standard InChI is InChI=1S/C24H30N4O4/c29-21(25-27-23(31)17-15-19-9-3-1-4-10-19)13-7-8-14-22(30)26-28-24(32)18-16-20-11-5-2-6-12-20/h1-6,9-12H,7-8,13-18H2,(H,25,29)(H,26,30)(H,27,31)(H,28,32). The van der Waals surface area contributed by atoms with E-state index >= 15 is 0 Å². The molecule has 4 N–H and O–H groups in total. The van der Waals surface area contributed by atoms with Crippen molar-refractivity contribution < 1.29 is 19.2 Å². The number of amides is 4. The minimum atomic E-state index is -0.312. The molecule has 0 fully saturated rings. The Morgan fingerprint density at radius 2 is 0.781 bits per heavy atom. The lowest BCUT2D eigenvalue weighted by atomic mass is 10.1. The van der Waals surface area contributed by atoms with Gasteiger partial charge in [0.15, 0.2) is 0 Å². The van der Waals surface area contributed by atoms with Gasteiger partial charge in [-0.05, 0) is 36.8 Å². The highest BCUT2D eigenvalue weighted by molar-refractivity contribution is 5.83. The number of hydrogen-bond donors (Lipinski definition) is 4. The van der Waals surface area contributed by atoms with Crippen molar-refractivity contribution in [3.05, 3.63) is 71.8 Å². The number of unbranched alkanes of at least 4 members (excludes halogenated alkanes) is 1. The maximum Gasteiger partial charge on any atom is 0.238 e. The van der Waals surface area contributed by atoms with Crippen molar-refractivity contribution in [1.82, 2.24) is 21.7 Å². The second kappa shape index (κ2) is 14.3. The molecule has 0 radical (unpaired) electrons. The molecule has 0 aliphatic rings. The molecule has 0 aliphatic carbocycles. The first-order valence-corrected chi connectivity index (χ1v) is 10.8. The summed E-state index contributed by atoms with van der Waals surface area (Å²) in [5.41, 5.74) is 11.7. The van der Waals surface area contributed by atoms with Crippen LogP contribution in [0.4, 0.5) is 0 Å². The van der Waals surface area contributed by atoms with Gasteiger partial charge in [-0.25, -0.2) is 0 Å². The molecule has 0 atom stereocenters. The summed E-state index contributed by atoms with van der Waals surface area (Å²) in [4.78, 5) is 47.1. The van der Waals surface area contributed by atoms with Crippen LogP contribution in [-0.2, 0) is 32.0 Å². The van der Waals surface area contributed by atoms with E-state index in [1.165, 1.54) is 0 Å². The fraction of sp³-hybridized carbons (Fsp3) is 0.333. The predicted molar refractivity (Wildman–Crippen MR) is 121 cm³/mol. The molecule has 0 unspecified atom stereocenters. The number of hydrogen-bond acceptors (Lipinski definition) is 4. The van der Waals surface area contributed by atoms with Crippen LogP contribution in [0.25, 0.3) is 0 Å². The van der Waals surface area contributed by atoms with Crippen LogP contribution in [0.1, 0.15) is 49.7 Å². The molecule has 8 heteroatoms. The Morgan fingerprint density at radius 1 is 0.469 bits per heavy atom. The lowest BCUT2D eigenvalue weighted by Gasteiger charge is -2.08. The van der Waals surface area contributed by atoms with Crippen LogP contribution in [0, 0.1) is 0 Å². The van der Waals surface area contributed by atoms with E-state index in [9.17, 15) is 19.2 Å². The first-order valence-electron chi connectivity index (χ1n) is 10.8. The second-order valence-electron chi connectivity index (χ2n) is 7.37. The van der Waals surface area contributed by atoms with E-state index in [-0.39, 0.29) is 49.3 Å². The third-order valence-electron chi connectivity index (χ3n) is 4.71. The molecule has 0 heterocycles. The van der Waals surface area contributed by atoms with Crippen molar-refractivity contribution in [2.24, 2.45) is 0 Å². The van der Waals surface area contributed by atoms with Crippen molar-refractivity contribution in [2.75, 3.05) is 0 Å². The summed E-state index contributed by atoms with van der Waals surface area (Å²) < 4.78 is 0. The molecule has 2 aromatic carbocycles. The number of hydrazine groups is 2. The molecule has 0 spiro atoms. The van der Waals surface area contributed by atoms with Gasteiger partial charge in [0, 0.05) is 25.7 Å². The Morgan fingerprint density at radius 3 is 1.12 bits per heavy atom. The zero-order valence-electron chi connectivity index (χ0n) is 18.1. The summed E-state index contributed by atoms with van der Waals surface area (Å²) >= 11 is 0. The molecule has 32 heavy (non-hydrogen) atoms. The number of carbonyl (C=O) groups excluding carboxylic acids is 4. The van der Waals surface area contributed by atoms with E-state index in [2.05, 4.69) is 21.7 Å². The predicted octanol–water partition coefficient (Wildman–Crippen LogP) is 2.11. The van der Waals surface area contributed by atoms with Crippen LogP contribution < -0.4 is 21.7 Å². The van der Waals surface area contributed by atoms with E-state index in [0.717, 1.165) is 11.1 Å². The highest BCUT2D eigenvalue weighted by Crippen LogP contribution is 2.03. The normalized spacial score (nSPS) is 10.1. The van der Waals surface area contributed by atoms with E-state index in [1.807, 2.05) is 60.7 Å². The van der Waals surface area contributed by atoms with Gasteiger partial charge in [0.25, 0.3) is 0 Å². The topological polar surface area (TPSA) is 116 Å². The maximum absolute atomic E-state index is 11.8. The zero-order valence-corrected chi connectivity index (χ0v) is 18.1. The summed E-state index contributed by atoms with van der Waals surface area (Å²) in [5.74, 6) is -1.14. The van der Waals surface area contributed by atoms with Crippen LogP contribution in [0.15, 0.2) is 60.7 Å². The highest BCUT2D eigenvalue weighted by atomic mass is 16.2. The van der Waals surface area contributed by atoms with E-state index in [0.29, 0.717) is 25.7 Å². The molecule has 2 aromatic rings. The molecule has 0 aromatic heterocycles. The number of rotatable bonds is 11. The summed E-state index contributed by atoms with van der Waals surface area (Å²) in [6, 6.07) is 19.2. The average Bonchev–Trinajstić information content (AvgIpc) is 2.82. The minimum Gasteiger partial charge on any atom is -0.273 e. The van der Waals surface area contributed by atoms with Gasteiger partial charge >= 0.3 is 0 Å². The third-order valence-corrected chi connectivity index (χ3v) is 4.71. The van der Waals surface area contributed by atoms with E-state index in [1.54, 1.807) is 0 Å². The molecule has 0 bridgehead atoms. The third kappa shape index (κ3) is 10.9. The van der Waals surface area contributed by atoms with Crippen LogP contribution in [-0.4, -0.2) is 23.6 Å². The summed E-state index contributed by atoms with van der Waals surface area (Å²) in [5, 5.41) is 0. The van der Waals surface area contributed by atoms with E-state index < -0.39 is 0 Å². The maximum atomic E-state index is 11.8.